The Morgan fingerprint density at radius 1 is 1.04 bits per heavy atom. The van der Waals surface area contributed by atoms with E-state index in [4.69, 9.17) is 37.4 Å². The van der Waals surface area contributed by atoms with Crippen molar-refractivity contribution in [2.75, 3.05) is 21.3 Å². The molecular weight excluding hydrogens is 391 g/mol. The third-order valence-electron chi connectivity index (χ3n) is 3.80. The number of nitrogens with one attached hydrogen (secondary N) is 1. The predicted molar refractivity (Wildman–Crippen MR) is 107 cm³/mol. The van der Waals surface area contributed by atoms with E-state index in [9.17, 15) is 4.79 Å². The van der Waals surface area contributed by atoms with E-state index in [-0.39, 0.29) is 0 Å². The second-order valence-electron chi connectivity index (χ2n) is 5.39. The number of carbonyl (C=O) groups is 1. The van der Waals surface area contributed by atoms with Crippen LogP contribution in [0.25, 0.3) is 0 Å². The van der Waals surface area contributed by atoms with Crippen LogP contribution in [0.2, 0.25) is 10.0 Å². The Labute approximate surface area is 168 Å². The van der Waals surface area contributed by atoms with Crippen LogP contribution >= 0.6 is 23.2 Å². The van der Waals surface area contributed by atoms with Crippen LogP contribution < -0.4 is 19.6 Å². The summed E-state index contributed by atoms with van der Waals surface area (Å²) in [5, 5.41) is 5.20. The summed E-state index contributed by atoms with van der Waals surface area (Å²) in [6, 6.07) is 8.21. The molecule has 27 heavy (non-hydrogen) atoms. The van der Waals surface area contributed by atoms with E-state index in [1.807, 2.05) is 6.92 Å². The second-order valence-corrected chi connectivity index (χ2v) is 6.23. The molecule has 0 saturated heterocycles. The molecule has 0 unspecified atom stereocenters. The molecule has 1 amide bonds. The van der Waals surface area contributed by atoms with Gasteiger partial charge < -0.3 is 14.2 Å². The maximum atomic E-state index is 12.5. The van der Waals surface area contributed by atoms with Crippen molar-refractivity contribution in [2.24, 2.45) is 5.10 Å². The van der Waals surface area contributed by atoms with Gasteiger partial charge >= 0.3 is 0 Å². The first-order chi connectivity index (χ1) is 12.9. The molecule has 0 saturated carbocycles. The van der Waals surface area contributed by atoms with Crippen molar-refractivity contribution in [3.63, 3.8) is 0 Å². The summed E-state index contributed by atoms with van der Waals surface area (Å²) in [4.78, 5) is 12.5. The third-order valence-corrected chi connectivity index (χ3v) is 4.34. The maximum absolute atomic E-state index is 12.5. The monoisotopic (exact) mass is 410 g/mol. The van der Waals surface area contributed by atoms with Crippen molar-refractivity contribution < 1.29 is 19.0 Å². The lowest BCUT2D eigenvalue weighted by Gasteiger charge is -2.13. The standard InChI is InChI=1S/C19H20Cl2N2O4/c1-5-15(13-7-6-12(20)10-14(13)21)22-23-19(24)11-8-16(25-2)18(27-4)17(9-11)26-3/h6-10H,5H2,1-4H3,(H,23,24)/b22-15-. The Kier molecular flexibility index (Phi) is 7.33. The minimum atomic E-state index is -0.426. The van der Waals surface area contributed by atoms with Crippen LogP contribution in [0.3, 0.4) is 0 Å². The molecule has 0 heterocycles. The highest BCUT2D eigenvalue weighted by Gasteiger charge is 2.17. The number of hydrazone groups is 1. The molecule has 2 aromatic carbocycles. The Hall–Kier alpha value is -2.44. The van der Waals surface area contributed by atoms with E-state index in [0.717, 1.165) is 0 Å². The summed E-state index contributed by atoms with van der Waals surface area (Å²) in [5.41, 5.74) is 4.17. The van der Waals surface area contributed by atoms with Gasteiger partial charge in [-0.1, -0.05) is 36.2 Å². The Morgan fingerprint density at radius 3 is 2.15 bits per heavy atom. The van der Waals surface area contributed by atoms with E-state index in [0.29, 0.717) is 50.6 Å². The van der Waals surface area contributed by atoms with Crippen LogP contribution in [0.5, 0.6) is 17.2 Å². The summed E-state index contributed by atoms with van der Waals surface area (Å²) < 4.78 is 15.8. The van der Waals surface area contributed by atoms with Crippen molar-refractivity contribution in [1.82, 2.24) is 5.43 Å². The molecule has 0 atom stereocenters. The van der Waals surface area contributed by atoms with Gasteiger partial charge in [-0.05, 0) is 30.7 Å². The minimum absolute atomic E-state index is 0.311. The smallest absolute Gasteiger partial charge is 0.271 e. The topological polar surface area (TPSA) is 69.2 Å². The first-order valence-electron chi connectivity index (χ1n) is 8.07. The molecule has 8 heteroatoms. The van der Waals surface area contributed by atoms with Crippen molar-refractivity contribution in [3.05, 3.63) is 51.5 Å². The van der Waals surface area contributed by atoms with Gasteiger partial charge in [0, 0.05) is 16.1 Å². The second kappa shape index (κ2) is 9.48. The zero-order valence-corrected chi connectivity index (χ0v) is 16.9. The third kappa shape index (κ3) is 4.84. The normalized spacial score (nSPS) is 11.1. The van der Waals surface area contributed by atoms with Crippen LogP contribution in [-0.4, -0.2) is 32.9 Å². The van der Waals surface area contributed by atoms with Crippen molar-refractivity contribution in [3.8, 4) is 17.2 Å². The SMILES string of the molecule is CC/C(=N/NC(=O)c1cc(OC)c(OC)c(OC)c1)c1ccc(Cl)cc1Cl. The molecule has 0 aliphatic heterocycles. The van der Waals surface area contributed by atoms with Gasteiger partial charge in [0.2, 0.25) is 5.75 Å². The van der Waals surface area contributed by atoms with E-state index in [2.05, 4.69) is 10.5 Å². The van der Waals surface area contributed by atoms with E-state index in [1.54, 1.807) is 30.3 Å². The first-order valence-corrected chi connectivity index (χ1v) is 8.83. The number of methoxy groups -OCH3 is 3. The van der Waals surface area contributed by atoms with Crippen LogP contribution in [0.15, 0.2) is 35.4 Å². The Balaban J connectivity index is 2.31. The Morgan fingerprint density at radius 2 is 1.67 bits per heavy atom. The number of carbonyl (C=O) groups excluding carboxylic acids is 1. The fraction of sp³-hybridized carbons (Fsp3) is 0.263. The molecule has 0 bridgehead atoms. The van der Waals surface area contributed by atoms with Gasteiger partial charge in [-0.3, -0.25) is 4.79 Å². The fourth-order valence-corrected chi connectivity index (χ4v) is 2.97. The summed E-state index contributed by atoms with van der Waals surface area (Å²) in [5.74, 6) is 0.734. The number of hydrogen-bond acceptors (Lipinski definition) is 5. The number of hydrogen-bond donors (Lipinski definition) is 1. The number of rotatable bonds is 7. The first kappa shape index (κ1) is 20.9. The van der Waals surface area contributed by atoms with E-state index in [1.165, 1.54) is 21.3 Å². The molecule has 2 aromatic rings. The van der Waals surface area contributed by atoms with Crippen molar-refractivity contribution in [2.45, 2.75) is 13.3 Å². The lowest BCUT2D eigenvalue weighted by molar-refractivity contribution is 0.0954. The molecule has 0 aliphatic carbocycles. The summed E-state index contributed by atoms with van der Waals surface area (Å²) in [7, 11) is 4.46. The number of halogens is 2. The Bertz CT molecular complexity index is 844. The lowest BCUT2D eigenvalue weighted by atomic mass is 10.1. The molecule has 2 rings (SSSR count). The summed E-state index contributed by atoms with van der Waals surface area (Å²) >= 11 is 12.1. The molecule has 0 aromatic heterocycles. The van der Waals surface area contributed by atoms with Gasteiger partial charge in [-0.25, -0.2) is 5.43 Å². The quantitative estimate of drug-likeness (QED) is 0.536. The highest BCUT2D eigenvalue weighted by atomic mass is 35.5. The van der Waals surface area contributed by atoms with Crippen molar-refractivity contribution in [1.29, 1.82) is 0 Å². The molecule has 144 valence electrons. The average molecular weight is 411 g/mol. The average Bonchev–Trinajstić information content (AvgIpc) is 2.68. The highest BCUT2D eigenvalue weighted by Crippen LogP contribution is 2.38. The molecule has 0 spiro atoms. The zero-order valence-electron chi connectivity index (χ0n) is 15.4. The highest BCUT2D eigenvalue weighted by molar-refractivity contribution is 6.37. The number of benzene rings is 2. The minimum Gasteiger partial charge on any atom is -0.493 e. The van der Waals surface area contributed by atoms with Crippen LogP contribution in [0.4, 0.5) is 0 Å². The van der Waals surface area contributed by atoms with Gasteiger partial charge in [0.05, 0.1) is 32.1 Å². The van der Waals surface area contributed by atoms with Gasteiger partial charge in [0.1, 0.15) is 0 Å². The maximum Gasteiger partial charge on any atom is 0.271 e. The van der Waals surface area contributed by atoms with Gasteiger partial charge in [0.15, 0.2) is 11.5 Å². The van der Waals surface area contributed by atoms with Crippen LogP contribution in [-0.2, 0) is 0 Å². The van der Waals surface area contributed by atoms with E-state index < -0.39 is 5.91 Å². The number of nitrogens with zero attached hydrogens (tertiary/aromatic N) is 1. The van der Waals surface area contributed by atoms with Crippen molar-refractivity contribution >= 4 is 34.8 Å². The predicted octanol–water partition coefficient (Wildman–Crippen LogP) is 4.56. The molecule has 1 N–H and O–H groups in total. The number of amides is 1. The fourth-order valence-electron chi connectivity index (χ4n) is 2.45. The van der Waals surface area contributed by atoms with E-state index >= 15 is 0 Å². The van der Waals surface area contributed by atoms with Gasteiger partial charge in [-0.15, -0.1) is 0 Å². The zero-order chi connectivity index (χ0) is 20.0. The molecule has 0 radical (unpaired) electrons. The molecule has 0 aliphatic rings. The lowest BCUT2D eigenvalue weighted by Crippen LogP contribution is -2.20. The van der Waals surface area contributed by atoms with Crippen LogP contribution in [0.1, 0.15) is 29.3 Å². The number of ether oxygens (including phenoxy) is 3. The van der Waals surface area contributed by atoms with Gasteiger partial charge in [0.25, 0.3) is 5.91 Å². The molecular formula is C19H20Cl2N2O4. The summed E-state index contributed by atoms with van der Waals surface area (Å²) in [6.45, 7) is 1.91. The summed E-state index contributed by atoms with van der Waals surface area (Å²) in [6.07, 6.45) is 0.566. The van der Waals surface area contributed by atoms with Gasteiger partial charge in [-0.2, -0.15) is 5.10 Å². The molecule has 6 nitrogen and oxygen atoms in total. The molecule has 0 fully saturated rings. The van der Waals surface area contributed by atoms with Crippen LogP contribution in [0, 0.1) is 0 Å². The largest absolute Gasteiger partial charge is 0.493 e.